The van der Waals surface area contributed by atoms with Gasteiger partial charge in [0.2, 0.25) is 17.6 Å². The Morgan fingerprint density at radius 2 is 1.90 bits per heavy atom. The minimum Gasteiger partial charge on any atom is -0.506 e. The highest BCUT2D eigenvalue weighted by Crippen LogP contribution is 2.44. The second kappa shape index (κ2) is 15.0. The van der Waals surface area contributed by atoms with Gasteiger partial charge >= 0.3 is 6.36 Å². The number of carbonyl (C=O) groups is 5. The Morgan fingerprint density at radius 3 is 2.58 bits per heavy atom. The Kier molecular flexibility index (Phi) is 10.7. The summed E-state index contributed by atoms with van der Waals surface area (Å²) in [6.07, 6.45) is 0.540. The fraction of sp³-hybridized carbons (Fsp3) is 0.424. The number of pyridine rings is 2. The molecule has 2 bridgehead atoms. The highest BCUT2D eigenvalue weighted by molar-refractivity contribution is 6.36. The number of fused-ring (bicyclic) bond motifs is 3. The standard InChI is InChI=1S/C33H35F3N6O8/c1-2-37-31(48)26(43)10-9-23(40-29(46)21-15-38-22-8-7-19(50-33(34,35)36)14-20(22)28(21)45)30(47)41-24-4-3-11-42(32(24)49)16-27(44)39-25-13-17-5-6-18(25)12-17/h3-4,7-8,11,14-15,17-18,23,25H,2,5-6,9-10,12-13,16H2,1H3,(H,37,48)(H,38,45)(H,39,44)(H,40,46)(H,41,47)/t17-,18+,23+,25-/m1/s1. The molecule has 2 aliphatic carbocycles. The predicted octanol–water partition coefficient (Wildman–Crippen LogP) is 2.53. The number of aromatic nitrogens is 2. The molecule has 5 rings (SSSR count). The van der Waals surface area contributed by atoms with Gasteiger partial charge in [-0.15, -0.1) is 13.2 Å². The van der Waals surface area contributed by atoms with Crippen LogP contribution in [0.25, 0.3) is 10.9 Å². The van der Waals surface area contributed by atoms with E-state index < -0.39 is 71.4 Å². The number of rotatable bonds is 13. The van der Waals surface area contributed by atoms with Gasteiger partial charge in [0.05, 0.1) is 5.52 Å². The zero-order valence-corrected chi connectivity index (χ0v) is 26.8. The van der Waals surface area contributed by atoms with Crippen molar-refractivity contribution in [2.75, 3.05) is 11.9 Å². The maximum Gasteiger partial charge on any atom is 0.573 e. The maximum atomic E-state index is 13.5. The van der Waals surface area contributed by atoms with Crippen molar-refractivity contribution >= 4 is 46.0 Å². The molecule has 266 valence electrons. The molecule has 1 aromatic carbocycles. The summed E-state index contributed by atoms with van der Waals surface area (Å²) >= 11 is 0. The van der Waals surface area contributed by atoms with E-state index in [1.807, 2.05) is 0 Å². The van der Waals surface area contributed by atoms with Gasteiger partial charge in [0.15, 0.2) is 0 Å². The Balaban J connectivity index is 1.33. The van der Waals surface area contributed by atoms with Crippen LogP contribution < -0.4 is 31.6 Å². The highest BCUT2D eigenvalue weighted by atomic mass is 19.4. The number of benzene rings is 1. The number of nitrogens with one attached hydrogen (secondary N) is 4. The van der Waals surface area contributed by atoms with E-state index in [0.717, 1.165) is 54.6 Å². The van der Waals surface area contributed by atoms with Crippen molar-refractivity contribution in [1.29, 1.82) is 0 Å². The molecule has 2 saturated carbocycles. The minimum absolute atomic E-state index is 0.0277. The number of hydrogen-bond acceptors (Lipinski definition) is 9. The van der Waals surface area contributed by atoms with Crippen LogP contribution in [-0.4, -0.2) is 69.1 Å². The molecular formula is C33H35F3N6O8. The number of ketones is 1. The largest absolute Gasteiger partial charge is 0.573 e. The van der Waals surface area contributed by atoms with Crippen LogP contribution in [0.15, 0.2) is 47.5 Å². The minimum atomic E-state index is -5.03. The van der Waals surface area contributed by atoms with Crippen LogP contribution in [0.3, 0.4) is 0 Å². The molecule has 4 atom stereocenters. The summed E-state index contributed by atoms with van der Waals surface area (Å²) in [6, 6.07) is 4.14. The van der Waals surface area contributed by atoms with Gasteiger partial charge in [-0.25, -0.2) is 0 Å². The molecule has 0 unspecified atom stereocenters. The van der Waals surface area contributed by atoms with Gasteiger partial charge < -0.3 is 35.7 Å². The summed E-state index contributed by atoms with van der Waals surface area (Å²) in [7, 11) is 0. The van der Waals surface area contributed by atoms with Gasteiger partial charge in [-0.3, -0.25) is 33.8 Å². The molecule has 3 aromatic rings. The number of nitrogens with zero attached hydrogens (tertiary/aromatic N) is 2. The van der Waals surface area contributed by atoms with Gasteiger partial charge in [0.1, 0.15) is 35.3 Å². The normalized spacial score (nSPS) is 18.7. The van der Waals surface area contributed by atoms with E-state index in [1.54, 1.807) is 6.92 Å². The number of ether oxygens (including phenoxy) is 1. The first-order valence-corrected chi connectivity index (χ1v) is 16.0. The second-order valence-electron chi connectivity index (χ2n) is 12.3. The summed E-state index contributed by atoms with van der Waals surface area (Å²) in [5.74, 6) is -4.68. The molecule has 2 aliphatic rings. The van der Waals surface area contributed by atoms with Crippen molar-refractivity contribution in [3.63, 3.8) is 0 Å². The number of aromatic hydroxyl groups is 1. The van der Waals surface area contributed by atoms with E-state index >= 15 is 0 Å². The van der Waals surface area contributed by atoms with E-state index in [9.17, 15) is 47.0 Å². The molecule has 14 nitrogen and oxygen atoms in total. The van der Waals surface area contributed by atoms with Crippen molar-refractivity contribution in [2.45, 2.75) is 70.4 Å². The summed E-state index contributed by atoms with van der Waals surface area (Å²) in [6.45, 7) is 1.45. The molecule has 0 spiro atoms. The molecule has 5 N–H and O–H groups in total. The van der Waals surface area contributed by atoms with Gasteiger partial charge in [-0.2, -0.15) is 0 Å². The molecule has 0 radical (unpaired) electrons. The lowest BCUT2D eigenvalue weighted by Gasteiger charge is -2.23. The number of alkyl halides is 3. The lowest BCUT2D eigenvalue weighted by Crippen LogP contribution is -2.45. The first-order chi connectivity index (χ1) is 23.7. The summed E-state index contributed by atoms with van der Waals surface area (Å²) in [5.41, 5.74) is -1.47. The molecule has 17 heteroatoms. The number of hydrogen-bond donors (Lipinski definition) is 5. The Bertz CT molecular complexity index is 1880. The number of carbonyl (C=O) groups excluding carboxylic acids is 5. The Labute approximate surface area is 282 Å². The van der Waals surface area contributed by atoms with Crippen LogP contribution in [0.5, 0.6) is 11.5 Å². The Hall–Kier alpha value is -5.48. The van der Waals surface area contributed by atoms with E-state index in [4.69, 9.17) is 0 Å². The van der Waals surface area contributed by atoms with Crippen LogP contribution in [0.1, 0.15) is 55.8 Å². The fourth-order valence-electron chi connectivity index (χ4n) is 6.48. The van der Waals surface area contributed by atoms with Crippen molar-refractivity contribution in [1.82, 2.24) is 25.5 Å². The molecule has 0 saturated heterocycles. The molecule has 2 heterocycles. The van der Waals surface area contributed by atoms with Gasteiger partial charge in [-0.1, -0.05) is 6.42 Å². The molecular weight excluding hydrogens is 665 g/mol. The smallest absolute Gasteiger partial charge is 0.506 e. The monoisotopic (exact) mass is 700 g/mol. The third-order valence-corrected chi connectivity index (χ3v) is 8.84. The highest BCUT2D eigenvalue weighted by Gasteiger charge is 2.40. The lowest BCUT2D eigenvalue weighted by molar-refractivity contribution is -0.274. The average Bonchev–Trinajstić information content (AvgIpc) is 3.68. The van der Waals surface area contributed by atoms with Crippen molar-refractivity contribution in [3.8, 4) is 11.5 Å². The van der Waals surface area contributed by atoms with E-state index in [-0.39, 0.29) is 41.6 Å². The van der Waals surface area contributed by atoms with Crippen molar-refractivity contribution in [3.05, 3.63) is 58.6 Å². The first-order valence-electron chi connectivity index (χ1n) is 16.0. The third kappa shape index (κ3) is 8.56. The Morgan fingerprint density at radius 1 is 1.12 bits per heavy atom. The third-order valence-electron chi connectivity index (χ3n) is 8.84. The van der Waals surface area contributed by atoms with Crippen LogP contribution in [0, 0.1) is 11.8 Å². The topological polar surface area (TPSA) is 198 Å². The second-order valence-corrected chi connectivity index (χ2v) is 12.3. The van der Waals surface area contributed by atoms with E-state index in [1.165, 1.54) is 18.3 Å². The van der Waals surface area contributed by atoms with E-state index in [2.05, 4.69) is 31.0 Å². The first kappa shape index (κ1) is 35.8. The van der Waals surface area contributed by atoms with Gasteiger partial charge in [0, 0.05) is 36.8 Å². The fourth-order valence-corrected chi connectivity index (χ4v) is 6.48. The molecule has 2 aromatic heterocycles. The quantitative estimate of drug-likeness (QED) is 0.166. The van der Waals surface area contributed by atoms with E-state index in [0.29, 0.717) is 11.8 Å². The zero-order valence-electron chi connectivity index (χ0n) is 26.8. The zero-order chi connectivity index (χ0) is 36.2. The number of anilines is 1. The molecule has 4 amide bonds. The number of amides is 4. The van der Waals surface area contributed by atoms with Gasteiger partial charge in [-0.05, 0) is 74.8 Å². The van der Waals surface area contributed by atoms with Crippen LogP contribution in [0.2, 0.25) is 0 Å². The number of halogens is 3. The molecule has 50 heavy (non-hydrogen) atoms. The predicted molar refractivity (Wildman–Crippen MR) is 171 cm³/mol. The van der Waals surface area contributed by atoms with Crippen LogP contribution in [-0.2, 0) is 25.7 Å². The number of likely N-dealkylation sites (N-methyl/N-ethyl adjacent to an activating group) is 1. The summed E-state index contributed by atoms with van der Waals surface area (Å²) in [5, 5.41) is 20.6. The average molecular weight is 701 g/mol. The summed E-state index contributed by atoms with van der Waals surface area (Å²) < 4.78 is 43.3. The lowest BCUT2D eigenvalue weighted by atomic mass is 9.95. The molecule has 2 fully saturated rings. The molecule has 0 aliphatic heterocycles. The van der Waals surface area contributed by atoms with Crippen molar-refractivity contribution in [2.24, 2.45) is 11.8 Å². The summed E-state index contributed by atoms with van der Waals surface area (Å²) in [4.78, 5) is 81.2. The van der Waals surface area contributed by atoms with Crippen LogP contribution >= 0.6 is 0 Å². The number of Topliss-reactive ketones (excluding diaryl/α,β-unsaturated/α-hetero) is 1. The van der Waals surface area contributed by atoms with Crippen molar-refractivity contribution < 1.29 is 47.0 Å². The van der Waals surface area contributed by atoms with Gasteiger partial charge in [0.25, 0.3) is 17.4 Å². The van der Waals surface area contributed by atoms with Crippen LogP contribution in [0.4, 0.5) is 18.9 Å². The SMILES string of the molecule is CCNC(=O)C(=O)CC[C@H](NC(=O)c1cnc2ccc(OC(F)(F)F)cc2c1O)C(=O)Nc1cccn(CC(=O)N[C@@H]2C[C@@H]3CC[C@H]2C3)c1=O. The maximum absolute atomic E-state index is 13.5.